The Balaban J connectivity index is 2.08. The van der Waals surface area contributed by atoms with Crippen LogP contribution in [0.5, 0.6) is 0 Å². The van der Waals surface area contributed by atoms with Gasteiger partial charge >= 0.3 is 5.97 Å². The molecule has 1 heterocycles. The van der Waals surface area contributed by atoms with Gasteiger partial charge in [0.1, 0.15) is 6.10 Å². The standard InChI is InChI=1S/C22H30O4/c1-2-3-11-14-19(23)15-12-9-7-5-4-6-8-10-13-16-20-21(26-20)17-18-22(24)25/h3-4,6-13,15-16,19-21,23H,2,5,14,17-18H2,1H3,(H,24,25)/b6-4-,9-7-,10-8+,11-3-,15-12+,16-13+. The zero-order valence-electron chi connectivity index (χ0n) is 15.4. The number of aliphatic carboxylic acids is 1. The highest BCUT2D eigenvalue weighted by molar-refractivity contribution is 5.66. The Morgan fingerprint density at radius 3 is 2.50 bits per heavy atom. The van der Waals surface area contributed by atoms with Gasteiger partial charge in [0.2, 0.25) is 0 Å². The second-order valence-corrected chi connectivity index (χ2v) is 6.00. The first-order chi connectivity index (χ1) is 12.6. The van der Waals surface area contributed by atoms with Crippen LogP contribution in [0, 0.1) is 0 Å². The van der Waals surface area contributed by atoms with Gasteiger partial charge in [-0.05, 0) is 25.7 Å². The maximum atomic E-state index is 10.4. The number of hydrogen-bond acceptors (Lipinski definition) is 3. The van der Waals surface area contributed by atoms with Gasteiger partial charge in [0.05, 0.1) is 12.2 Å². The molecule has 0 aromatic heterocycles. The Labute approximate surface area is 156 Å². The molecule has 3 unspecified atom stereocenters. The predicted octanol–water partition coefficient (Wildman–Crippen LogP) is 4.51. The minimum absolute atomic E-state index is 0.0607. The maximum absolute atomic E-state index is 10.4. The van der Waals surface area contributed by atoms with Crippen LogP contribution in [0.4, 0.5) is 0 Å². The van der Waals surface area contributed by atoms with Crippen LogP contribution in [0.25, 0.3) is 0 Å². The summed E-state index contributed by atoms with van der Waals surface area (Å²) in [5.74, 6) is -0.780. The summed E-state index contributed by atoms with van der Waals surface area (Å²) in [6.45, 7) is 2.07. The third-order valence-electron chi connectivity index (χ3n) is 3.67. The van der Waals surface area contributed by atoms with Crippen molar-refractivity contribution in [3.05, 3.63) is 72.9 Å². The van der Waals surface area contributed by atoms with Crippen LogP contribution in [-0.4, -0.2) is 34.5 Å². The smallest absolute Gasteiger partial charge is 0.303 e. The monoisotopic (exact) mass is 358 g/mol. The summed E-state index contributed by atoms with van der Waals surface area (Å²) in [4.78, 5) is 10.4. The van der Waals surface area contributed by atoms with Gasteiger partial charge in [0.15, 0.2) is 0 Å². The van der Waals surface area contributed by atoms with E-state index in [1.54, 1.807) is 6.08 Å². The Morgan fingerprint density at radius 1 is 1.04 bits per heavy atom. The summed E-state index contributed by atoms with van der Waals surface area (Å²) < 4.78 is 5.35. The Kier molecular flexibility index (Phi) is 11.8. The molecule has 2 N–H and O–H groups in total. The van der Waals surface area contributed by atoms with Crippen molar-refractivity contribution in [2.24, 2.45) is 0 Å². The van der Waals surface area contributed by atoms with E-state index in [2.05, 4.69) is 13.0 Å². The van der Waals surface area contributed by atoms with Gasteiger partial charge in [0.25, 0.3) is 0 Å². The minimum Gasteiger partial charge on any atom is -0.481 e. The number of carboxylic acids is 1. The average molecular weight is 358 g/mol. The van der Waals surface area contributed by atoms with Gasteiger partial charge < -0.3 is 14.9 Å². The second-order valence-electron chi connectivity index (χ2n) is 6.00. The molecule has 4 nitrogen and oxygen atoms in total. The number of epoxide rings is 1. The molecule has 0 bridgehead atoms. The SMILES string of the molecule is CC/C=C\CC(O)/C=C/C=C\C\C=C/C=C/C=C/C1OC1CCC(=O)O. The summed E-state index contributed by atoms with van der Waals surface area (Å²) >= 11 is 0. The molecule has 1 rings (SSSR count). The number of carboxylic acid groups (broad SMARTS) is 1. The molecule has 0 radical (unpaired) electrons. The van der Waals surface area contributed by atoms with Crippen LogP contribution in [0.1, 0.15) is 39.0 Å². The lowest BCUT2D eigenvalue weighted by Gasteiger charge is -1.98. The van der Waals surface area contributed by atoms with Gasteiger partial charge in [0, 0.05) is 6.42 Å². The number of carbonyl (C=O) groups is 1. The zero-order chi connectivity index (χ0) is 19.0. The molecule has 0 aromatic rings. The van der Waals surface area contributed by atoms with Crippen LogP contribution in [0.2, 0.25) is 0 Å². The normalized spacial score (nSPS) is 22.1. The fourth-order valence-electron chi connectivity index (χ4n) is 2.19. The van der Waals surface area contributed by atoms with E-state index in [1.807, 2.05) is 60.8 Å². The highest BCUT2D eigenvalue weighted by atomic mass is 16.6. The molecule has 142 valence electrons. The molecule has 0 aromatic carbocycles. The lowest BCUT2D eigenvalue weighted by atomic mass is 10.2. The number of hydrogen-bond donors (Lipinski definition) is 2. The fourth-order valence-corrected chi connectivity index (χ4v) is 2.19. The van der Waals surface area contributed by atoms with Gasteiger partial charge in [-0.2, -0.15) is 0 Å². The molecule has 1 aliphatic rings. The maximum Gasteiger partial charge on any atom is 0.303 e. The van der Waals surface area contributed by atoms with Crippen molar-refractivity contribution in [2.75, 3.05) is 0 Å². The highest BCUT2D eigenvalue weighted by Gasteiger charge is 2.35. The molecule has 0 spiro atoms. The summed E-state index contributed by atoms with van der Waals surface area (Å²) in [6, 6.07) is 0. The van der Waals surface area contributed by atoms with Crippen LogP contribution >= 0.6 is 0 Å². The molecule has 0 saturated carbocycles. The van der Waals surface area contributed by atoms with Gasteiger partial charge in [-0.25, -0.2) is 0 Å². The molecule has 1 saturated heterocycles. The zero-order valence-corrected chi connectivity index (χ0v) is 15.4. The van der Waals surface area contributed by atoms with E-state index < -0.39 is 12.1 Å². The quantitative estimate of drug-likeness (QED) is 0.289. The van der Waals surface area contributed by atoms with E-state index in [9.17, 15) is 9.90 Å². The van der Waals surface area contributed by atoms with Gasteiger partial charge in [-0.3, -0.25) is 4.79 Å². The van der Waals surface area contributed by atoms with E-state index in [-0.39, 0.29) is 18.6 Å². The first-order valence-corrected chi connectivity index (χ1v) is 9.17. The van der Waals surface area contributed by atoms with Gasteiger partial charge in [-0.1, -0.05) is 79.8 Å². The second kappa shape index (κ2) is 14.0. The molecule has 3 atom stereocenters. The van der Waals surface area contributed by atoms with E-state index in [0.29, 0.717) is 12.8 Å². The molecule has 1 aliphatic heterocycles. The van der Waals surface area contributed by atoms with Crippen molar-refractivity contribution >= 4 is 5.97 Å². The number of aliphatic hydroxyl groups is 1. The summed E-state index contributed by atoms with van der Waals surface area (Å²) in [7, 11) is 0. The van der Waals surface area contributed by atoms with E-state index in [1.165, 1.54) is 0 Å². The van der Waals surface area contributed by atoms with Crippen LogP contribution in [-0.2, 0) is 9.53 Å². The third kappa shape index (κ3) is 12.2. The minimum atomic E-state index is -0.780. The summed E-state index contributed by atoms with van der Waals surface area (Å²) in [6.07, 6.45) is 26.3. The lowest BCUT2D eigenvalue weighted by molar-refractivity contribution is -0.137. The first kappa shape index (κ1) is 21.9. The van der Waals surface area contributed by atoms with Crippen molar-refractivity contribution in [1.29, 1.82) is 0 Å². The Morgan fingerprint density at radius 2 is 1.77 bits per heavy atom. The lowest BCUT2D eigenvalue weighted by Crippen LogP contribution is -1.98. The molecule has 1 fully saturated rings. The number of allylic oxidation sites excluding steroid dienone is 9. The molecule has 4 heteroatoms. The topological polar surface area (TPSA) is 70.1 Å². The third-order valence-corrected chi connectivity index (χ3v) is 3.67. The van der Waals surface area contributed by atoms with Crippen LogP contribution < -0.4 is 0 Å². The molecular formula is C22H30O4. The average Bonchev–Trinajstić information content (AvgIpc) is 3.36. The fraction of sp³-hybridized carbons (Fsp3) is 0.409. The Bertz CT molecular complexity index is 567. The molecule has 0 amide bonds. The number of aliphatic hydroxyl groups excluding tert-OH is 1. The first-order valence-electron chi connectivity index (χ1n) is 9.17. The Hall–Kier alpha value is -2.17. The number of ether oxygens (including phenoxy) is 1. The van der Waals surface area contributed by atoms with Crippen molar-refractivity contribution in [3.8, 4) is 0 Å². The predicted molar refractivity (Wildman–Crippen MR) is 106 cm³/mol. The van der Waals surface area contributed by atoms with Crippen LogP contribution in [0.3, 0.4) is 0 Å². The highest BCUT2D eigenvalue weighted by Crippen LogP contribution is 2.27. The van der Waals surface area contributed by atoms with E-state index >= 15 is 0 Å². The van der Waals surface area contributed by atoms with E-state index in [0.717, 1.165) is 12.8 Å². The summed E-state index contributed by atoms with van der Waals surface area (Å²) in [5, 5.41) is 18.3. The number of rotatable bonds is 13. The molecule has 26 heavy (non-hydrogen) atoms. The van der Waals surface area contributed by atoms with Crippen molar-refractivity contribution < 1.29 is 19.7 Å². The summed E-state index contributed by atoms with van der Waals surface area (Å²) in [5.41, 5.74) is 0. The van der Waals surface area contributed by atoms with Crippen LogP contribution in [0.15, 0.2) is 72.9 Å². The molecular weight excluding hydrogens is 328 g/mol. The molecule has 0 aliphatic carbocycles. The largest absolute Gasteiger partial charge is 0.481 e. The van der Waals surface area contributed by atoms with Crippen molar-refractivity contribution in [3.63, 3.8) is 0 Å². The van der Waals surface area contributed by atoms with Gasteiger partial charge in [-0.15, -0.1) is 0 Å². The van der Waals surface area contributed by atoms with Crippen molar-refractivity contribution in [2.45, 2.75) is 57.3 Å². The van der Waals surface area contributed by atoms with Crippen molar-refractivity contribution in [1.82, 2.24) is 0 Å². The van der Waals surface area contributed by atoms with E-state index in [4.69, 9.17) is 9.84 Å².